The predicted octanol–water partition coefficient (Wildman–Crippen LogP) is 2.87. The molecule has 0 saturated carbocycles. The van der Waals surface area contributed by atoms with E-state index in [1.165, 1.54) is 5.56 Å². The van der Waals surface area contributed by atoms with Gasteiger partial charge >= 0.3 is 6.03 Å². The highest BCUT2D eigenvalue weighted by molar-refractivity contribution is 5.75. The number of carbonyl (C=O) groups is 1. The van der Waals surface area contributed by atoms with Crippen molar-refractivity contribution in [3.05, 3.63) is 47.3 Å². The van der Waals surface area contributed by atoms with Crippen molar-refractivity contribution in [3.8, 4) is 5.75 Å². The van der Waals surface area contributed by atoms with Crippen LogP contribution in [0.1, 0.15) is 49.0 Å². The molecule has 2 atom stereocenters. The van der Waals surface area contributed by atoms with Crippen LogP contribution in [0.5, 0.6) is 5.75 Å². The Morgan fingerprint density at radius 1 is 1.50 bits per heavy atom. The van der Waals surface area contributed by atoms with E-state index in [-0.39, 0.29) is 18.1 Å². The van der Waals surface area contributed by atoms with Crippen LogP contribution in [0.15, 0.2) is 30.6 Å². The van der Waals surface area contributed by atoms with Crippen molar-refractivity contribution in [3.63, 3.8) is 0 Å². The van der Waals surface area contributed by atoms with Gasteiger partial charge in [0.15, 0.2) is 0 Å². The number of aryl methyl sites for hydroxylation is 1. The van der Waals surface area contributed by atoms with E-state index in [9.17, 15) is 4.79 Å². The van der Waals surface area contributed by atoms with Crippen molar-refractivity contribution >= 4 is 6.03 Å². The molecule has 0 spiro atoms. The second-order valence-corrected chi connectivity index (χ2v) is 6.14. The zero-order chi connectivity index (χ0) is 17.1. The topological polar surface area (TPSA) is 68.2 Å². The molecular formula is C18H24N4O2. The Hall–Kier alpha value is -2.50. The van der Waals surface area contributed by atoms with Crippen LogP contribution >= 0.6 is 0 Å². The zero-order valence-corrected chi connectivity index (χ0v) is 14.4. The molecule has 0 radical (unpaired) electrons. The number of amides is 2. The third kappa shape index (κ3) is 3.37. The summed E-state index contributed by atoms with van der Waals surface area (Å²) in [5.41, 5.74) is 3.35. The van der Waals surface area contributed by atoms with Gasteiger partial charge in [-0.3, -0.25) is 4.68 Å². The van der Waals surface area contributed by atoms with Gasteiger partial charge in [-0.15, -0.1) is 0 Å². The van der Waals surface area contributed by atoms with Gasteiger partial charge in [0.1, 0.15) is 5.75 Å². The van der Waals surface area contributed by atoms with Crippen molar-refractivity contribution in [2.24, 2.45) is 7.05 Å². The maximum atomic E-state index is 12.3. The van der Waals surface area contributed by atoms with Crippen LogP contribution in [-0.2, 0) is 13.5 Å². The summed E-state index contributed by atoms with van der Waals surface area (Å²) in [5, 5.41) is 10.2. The van der Waals surface area contributed by atoms with E-state index in [4.69, 9.17) is 4.74 Å². The van der Waals surface area contributed by atoms with Gasteiger partial charge < -0.3 is 15.4 Å². The number of ether oxygens (including phenoxy) is 1. The molecule has 24 heavy (non-hydrogen) atoms. The molecular weight excluding hydrogens is 304 g/mol. The summed E-state index contributed by atoms with van der Waals surface area (Å²) in [5.74, 6) is 0.934. The van der Waals surface area contributed by atoms with Crippen LogP contribution in [-0.4, -0.2) is 22.4 Å². The summed E-state index contributed by atoms with van der Waals surface area (Å²) in [6, 6.07) is 5.83. The smallest absolute Gasteiger partial charge is 0.315 e. The average Bonchev–Trinajstić information content (AvgIpc) is 3.15. The normalized spacial score (nSPS) is 17.2. The fraction of sp³-hybridized carbons (Fsp3) is 0.444. The minimum absolute atomic E-state index is 0.0292. The van der Waals surface area contributed by atoms with E-state index in [1.807, 2.05) is 39.2 Å². The third-order valence-electron chi connectivity index (χ3n) is 4.41. The first-order valence-electron chi connectivity index (χ1n) is 8.38. The summed E-state index contributed by atoms with van der Waals surface area (Å²) in [7, 11) is 1.86. The van der Waals surface area contributed by atoms with Crippen molar-refractivity contribution in [1.82, 2.24) is 20.4 Å². The number of rotatable bonds is 5. The molecule has 2 amide bonds. The van der Waals surface area contributed by atoms with Crippen LogP contribution in [0.25, 0.3) is 0 Å². The highest BCUT2D eigenvalue weighted by Gasteiger charge is 2.26. The molecule has 1 heterocycles. The summed E-state index contributed by atoms with van der Waals surface area (Å²) in [6.07, 6.45) is 5.50. The number of nitrogens with zero attached hydrogens (tertiary/aromatic N) is 2. The lowest BCUT2D eigenvalue weighted by molar-refractivity contribution is 0.234. The number of hydrogen-bond donors (Lipinski definition) is 2. The first kappa shape index (κ1) is 16.4. The number of aromatic nitrogens is 2. The van der Waals surface area contributed by atoms with E-state index < -0.39 is 0 Å². The van der Waals surface area contributed by atoms with Gasteiger partial charge in [-0.25, -0.2) is 4.79 Å². The van der Waals surface area contributed by atoms with Gasteiger partial charge in [-0.1, -0.05) is 12.1 Å². The molecule has 6 heteroatoms. The van der Waals surface area contributed by atoms with E-state index >= 15 is 0 Å². The Kier molecular flexibility index (Phi) is 4.74. The molecule has 2 unspecified atom stereocenters. The van der Waals surface area contributed by atoms with E-state index in [1.54, 1.807) is 10.9 Å². The monoisotopic (exact) mass is 328 g/mol. The lowest BCUT2D eigenvalue weighted by atomic mass is 10.1. The SMILES string of the molecule is CCOc1cccc2c1CCC2NC(=O)NC(C)c1cnn(C)c1. The lowest BCUT2D eigenvalue weighted by Crippen LogP contribution is -2.38. The van der Waals surface area contributed by atoms with E-state index in [0.717, 1.165) is 29.7 Å². The maximum absolute atomic E-state index is 12.3. The fourth-order valence-corrected chi connectivity index (χ4v) is 3.21. The Morgan fingerprint density at radius 2 is 2.33 bits per heavy atom. The van der Waals surface area contributed by atoms with Gasteiger partial charge in [-0.2, -0.15) is 5.10 Å². The molecule has 0 fully saturated rings. The van der Waals surface area contributed by atoms with E-state index in [2.05, 4.69) is 21.8 Å². The molecule has 128 valence electrons. The summed E-state index contributed by atoms with van der Waals surface area (Å²) >= 11 is 0. The third-order valence-corrected chi connectivity index (χ3v) is 4.41. The minimum atomic E-state index is -0.161. The first-order chi connectivity index (χ1) is 11.6. The van der Waals surface area contributed by atoms with Gasteiger partial charge in [0, 0.05) is 18.8 Å². The molecule has 1 aliphatic rings. The first-order valence-corrected chi connectivity index (χ1v) is 8.38. The van der Waals surface area contributed by atoms with Gasteiger partial charge in [0.2, 0.25) is 0 Å². The van der Waals surface area contributed by atoms with Crippen molar-refractivity contribution in [2.45, 2.75) is 38.8 Å². The molecule has 2 aromatic rings. The lowest BCUT2D eigenvalue weighted by Gasteiger charge is -2.18. The van der Waals surface area contributed by atoms with Crippen LogP contribution in [0, 0.1) is 0 Å². The largest absolute Gasteiger partial charge is 0.494 e. The van der Waals surface area contributed by atoms with E-state index in [0.29, 0.717) is 6.61 Å². The van der Waals surface area contributed by atoms with Crippen molar-refractivity contribution in [1.29, 1.82) is 0 Å². The van der Waals surface area contributed by atoms with Crippen LogP contribution in [0.2, 0.25) is 0 Å². The number of fused-ring (bicyclic) bond motifs is 1. The number of hydrogen-bond acceptors (Lipinski definition) is 3. The Morgan fingerprint density at radius 3 is 3.04 bits per heavy atom. The second-order valence-electron chi connectivity index (χ2n) is 6.14. The molecule has 3 rings (SSSR count). The van der Waals surface area contributed by atoms with Gasteiger partial charge in [0.25, 0.3) is 0 Å². The van der Waals surface area contributed by atoms with Crippen LogP contribution in [0.4, 0.5) is 4.79 Å². The van der Waals surface area contributed by atoms with Crippen LogP contribution < -0.4 is 15.4 Å². The van der Waals surface area contributed by atoms with Gasteiger partial charge in [0.05, 0.1) is 24.9 Å². The predicted molar refractivity (Wildman–Crippen MR) is 92.0 cm³/mol. The highest BCUT2D eigenvalue weighted by atomic mass is 16.5. The molecule has 1 aromatic carbocycles. The van der Waals surface area contributed by atoms with Crippen molar-refractivity contribution < 1.29 is 9.53 Å². The Labute approximate surface area is 142 Å². The quantitative estimate of drug-likeness (QED) is 0.887. The minimum Gasteiger partial charge on any atom is -0.494 e. The summed E-state index contributed by atoms with van der Waals surface area (Å²) < 4.78 is 7.42. The summed E-state index contributed by atoms with van der Waals surface area (Å²) in [6.45, 7) is 4.58. The fourth-order valence-electron chi connectivity index (χ4n) is 3.21. The number of carbonyl (C=O) groups excluding carboxylic acids is 1. The van der Waals surface area contributed by atoms with Crippen LogP contribution in [0.3, 0.4) is 0 Å². The molecule has 1 aliphatic carbocycles. The number of benzene rings is 1. The Bertz CT molecular complexity index is 726. The molecule has 2 N–H and O–H groups in total. The standard InChI is InChI=1S/C18H24N4O2/c1-4-24-17-7-5-6-14-15(17)8-9-16(14)21-18(23)20-12(2)13-10-19-22(3)11-13/h5-7,10-12,16H,4,8-9H2,1-3H3,(H2,20,21,23). The van der Waals surface area contributed by atoms with Gasteiger partial charge in [-0.05, 0) is 43.9 Å². The zero-order valence-electron chi connectivity index (χ0n) is 14.4. The molecule has 0 aliphatic heterocycles. The maximum Gasteiger partial charge on any atom is 0.315 e. The average molecular weight is 328 g/mol. The highest BCUT2D eigenvalue weighted by Crippen LogP contribution is 2.36. The van der Waals surface area contributed by atoms with Crippen molar-refractivity contribution in [2.75, 3.05) is 6.61 Å². The Balaban J connectivity index is 1.64. The molecule has 6 nitrogen and oxygen atoms in total. The number of urea groups is 1. The number of nitrogens with one attached hydrogen (secondary N) is 2. The molecule has 1 aromatic heterocycles. The summed E-state index contributed by atoms with van der Waals surface area (Å²) in [4.78, 5) is 12.3. The molecule has 0 saturated heterocycles. The molecule has 0 bridgehead atoms. The second kappa shape index (κ2) is 6.95.